The molecule has 6 heteroatoms. The van der Waals surface area contributed by atoms with Crippen LogP contribution in [0.15, 0.2) is 12.2 Å². The second kappa shape index (κ2) is 8.14. The fraction of sp³-hybridized carbons (Fsp3) is 0.733. The Hall–Kier alpha value is -1.40. The SMILES string of the molecule is C/C=C\[C@@H]1C[C@H](C(=O)O)N[C@H]1[C@@H](NC(C)=O)[C@H](CC)OC. The molecule has 0 aromatic rings. The molecule has 1 rings (SSSR count). The van der Waals surface area contributed by atoms with Crippen molar-refractivity contribution in [3.8, 4) is 0 Å². The summed E-state index contributed by atoms with van der Waals surface area (Å²) in [7, 11) is 1.61. The molecule has 0 unspecified atom stereocenters. The van der Waals surface area contributed by atoms with E-state index < -0.39 is 12.0 Å². The zero-order chi connectivity index (χ0) is 16.0. The van der Waals surface area contributed by atoms with Crippen molar-refractivity contribution in [3.05, 3.63) is 12.2 Å². The van der Waals surface area contributed by atoms with E-state index in [2.05, 4.69) is 10.6 Å². The van der Waals surface area contributed by atoms with Gasteiger partial charge in [0.05, 0.1) is 12.1 Å². The molecule has 0 aromatic heterocycles. The Kier molecular flexibility index (Phi) is 6.84. The van der Waals surface area contributed by atoms with Gasteiger partial charge in [-0.1, -0.05) is 19.1 Å². The van der Waals surface area contributed by atoms with Gasteiger partial charge in [0, 0.05) is 20.1 Å². The summed E-state index contributed by atoms with van der Waals surface area (Å²) in [5.41, 5.74) is 0. The molecule has 0 radical (unpaired) electrons. The number of ether oxygens (including phenoxy) is 1. The van der Waals surface area contributed by atoms with Gasteiger partial charge < -0.3 is 15.2 Å². The average Bonchev–Trinajstić information content (AvgIpc) is 2.83. The lowest BCUT2D eigenvalue weighted by atomic mass is 9.89. The van der Waals surface area contributed by atoms with Crippen LogP contribution >= 0.6 is 0 Å². The third kappa shape index (κ3) is 4.54. The van der Waals surface area contributed by atoms with E-state index >= 15 is 0 Å². The van der Waals surface area contributed by atoms with Crippen molar-refractivity contribution >= 4 is 11.9 Å². The van der Waals surface area contributed by atoms with Crippen LogP contribution in [0.3, 0.4) is 0 Å². The number of amides is 1. The standard InChI is InChI=1S/C15H26N2O4/c1-5-7-10-8-11(15(19)20)17-13(10)14(16-9(3)18)12(6-2)21-4/h5,7,10-14,17H,6,8H2,1-4H3,(H,16,18)(H,19,20)/b7-5-/t10-,11-,12+,13-,14+/m1/s1. The monoisotopic (exact) mass is 298 g/mol. The number of rotatable bonds is 7. The Labute approximate surface area is 125 Å². The highest BCUT2D eigenvalue weighted by molar-refractivity contribution is 5.75. The fourth-order valence-corrected chi connectivity index (χ4v) is 3.05. The first kappa shape index (κ1) is 17.7. The lowest BCUT2D eigenvalue weighted by Gasteiger charge is -2.33. The largest absolute Gasteiger partial charge is 0.480 e. The van der Waals surface area contributed by atoms with E-state index in [1.54, 1.807) is 7.11 Å². The van der Waals surface area contributed by atoms with Crippen molar-refractivity contribution in [2.45, 2.75) is 57.8 Å². The first-order valence-electron chi connectivity index (χ1n) is 7.36. The van der Waals surface area contributed by atoms with Crippen molar-refractivity contribution in [1.82, 2.24) is 10.6 Å². The number of carbonyl (C=O) groups is 2. The maximum absolute atomic E-state index is 11.5. The van der Waals surface area contributed by atoms with Gasteiger partial charge in [-0.3, -0.25) is 14.9 Å². The first-order chi connectivity index (χ1) is 9.94. The molecular formula is C15H26N2O4. The van der Waals surface area contributed by atoms with E-state index in [-0.39, 0.29) is 30.0 Å². The maximum Gasteiger partial charge on any atom is 0.320 e. The molecule has 1 saturated heterocycles. The van der Waals surface area contributed by atoms with E-state index in [4.69, 9.17) is 4.74 Å². The van der Waals surface area contributed by atoms with Gasteiger partial charge in [0.1, 0.15) is 6.04 Å². The lowest BCUT2D eigenvalue weighted by Crippen LogP contribution is -2.57. The Morgan fingerprint density at radius 3 is 2.62 bits per heavy atom. The molecular weight excluding hydrogens is 272 g/mol. The van der Waals surface area contributed by atoms with Crippen LogP contribution in [0.1, 0.15) is 33.6 Å². The van der Waals surface area contributed by atoms with Crippen molar-refractivity contribution in [2.75, 3.05) is 7.11 Å². The van der Waals surface area contributed by atoms with Gasteiger partial charge in [0.15, 0.2) is 0 Å². The highest BCUT2D eigenvalue weighted by Gasteiger charge is 2.42. The second-order valence-corrected chi connectivity index (χ2v) is 5.42. The van der Waals surface area contributed by atoms with Crippen LogP contribution in [-0.4, -0.2) is 48.3 Å². The third-order valence-corrected chi connectivity index (χ3v) is 3.96. The highest BCUT2D eigenvalue weighted by Crippen LogP contribution is 2.27. The van der Waals surface area contributed by atoms with Gasteiger partial charge in [-0.15, -0.1) is 0 Å². The summed E-state index contributed by atoms with van der Waals surface area (Å²) < 4.78 is 5.47. The summed E-state index contributed by atoms with van der Waals surface area (Å²) in [4.78, 5) is 22.7. The molecule has 1 fully saturated rings. The third-order valence-electron chi connectivity index (χ3n) is 3.96. The molecule has 1 aliphatic rings. The summed E-state index contributed by atoms with van der Waals surface area (Å²) in [5, 5.41) is 15.3. The molecule has 21 heavy (non-hydrogen) atoms. The Morgan fingerprint density at radius 1 is 1.52 bits per heavy atom. The van der Waals surface area contributed by atoms with Gasteiger partial charge in [0.25, 0.3) is 0 Å². The van der Waals surface area contributed by atoms with Crippen LogP contribution in [0.4, 0.5) is 0 Å². The number of carboxylic acids is 1. The molecule has 0 saturated carbocycles. The summed E-state index contributed by atoms with van der Waals surface area (Å²) >= 11 is 0. The van der Waals surface area contributed by atoms with Gasteiger partial charge in [-0.25, -0.2) is 0 Å². The van der Waals surface area contributed by atoms with Crippen LogP contribution in [0.2, 0.25) is 0 Å². The van der Waals surface area contributed by atoms with Crippen molar-refractivity contribution in [2.24, 2.45) is 5.92 Å². The quantitative estimate of drug-likeness (QED) is 0.608. The predicted molar refractivity (Wildman–Crippen MR) is 80.0 cm³/mol. The van der Waals surface area contributed by atoms with Crippen LogP contribution < -0.4 is 10.6 Å². The van der Waals surface area contributed by atoms with E-state index in [1.807, 2.05) is 26.0 Å². The van der Waals surface area contributed by atoms with Crippen LogP contribution in [0, 0.1) is 5.92 Å². The Bertz CT molecular complexity index is 393. The van der Waals surface area contributed by atoms with E-state index in [0.29, 0.717) is 6.42 Å². The number of aliphatic carboxylic acids is 1. The second-order valence-electron chi connectivity index (χ2n) is 5.42. The van der Waals surface area contributed by atoms with Gasteiger partial charge in [-0.2, -0.15) is 0 Å². The molecule has 0 bridgehead atoms. The molecule has 1 aliphatic heterocycles. The molecule has 0 aromatic carbocycles. The van der Waals surface area contributed by atoms with Crippen molar-refractivity contribution in [3.63, 3.8) is 0 Å². The summed E-state index contributed by atoms with van der Waals surface area (Å²) in [5.74, 6) is -0.952. The van der Waals surface area contributed by atoms with E-state index in [0.717, 1.165) is 6.42 Å². The topological polar surface area (TPSA) is 87.7 Å². The number of carboxylic acid groups (broad SMARTS) is 1. The predicted octanol–water partition coefficient (Wildman–Crippen LogP) is 0.924. The number of allylic oxidation sites excluding steroid dienone is 1. The average molecular weight is 298 g/mol. The van der Waals surface area contributed by atoms with E-state index in [9.17, 15) is 14.7 Å². The summed E-state index contributed by atoms with van der Waals surface area (Å²) in [6, 6.07) is -1.01. The van der Waals surface area contributed by atoms with Gasteiger partial charge >= 0.3 is 5.97 Å². The minimum Gasteiger partial charge on any atom is -0.480 e. The minimum absolute atomic E-state index is 0.0529. The molecule has 3 N–H and O–H groups in total. The molecule has 5 atom stereocenters. The molecule has 1 amide bonds. The number of hydrogen-bond acceptors (Lipinski definition) is 4. The number of nitrogens with one attached hydrogen (secondary N) is 2. The fourth-order valence-electron chi connectivity index (χ4n) is 3.05. The van der Waals surface area contributed by atoms with Crippen LogP contribution in [0.5, 0.6) is 0 Å². The molecule has 0 aliphatic carbocycles. The summed E-state index contributed by atoms with van der Waals surface area (Å²) in [6.45, 7) is 5.35. The molecule has 0 spiro atoms. The Morgan fingerprint density at radius 2 is 2.19 bits per heavy atom. The Balaban J connectivity index is 3.01. The number of carbonyl (C=O) groups excluding carboxylic acids is 1. The zero-order valence-corrected chi connectivity index (χ0v) is 13.1. The molecule has 1 heterocycles. The molecule has 6 nitrogen and oxygen atoms in total. The zero-order valence-electron chi connectivity index (χ0n) is 13.1. The summed E-state index contributed by atoms with van der Waals surface area (Å²) in [6.07, 6.45) is 5.01. The molecule has 120 valence electrons. The minimum atomic E-state index is -0.862. The highest BCUT2D eigenvalue weighted by atomic mass is 16.5. The number of hydrogen-bond donors (Lipinski definition) is 3. The van der Waals surface area contributed by atoms with Crippen LogP contribution in [0.25, 0.3) is 0 Å². The van der Waals surface area contributed by atoms with Crippen LogP contribution in [-0.2, 0) is 14.3 Å². The first-order valence-corrected chi connectivity index (χ1v) is 7.36. The maximum atomic E-state index is 11.5. The van der Waals surface area contributed by atoms with Gasteiger partial charge in [-0.05, 0) is 25.7 Å². The number of methoxy groups -OCH3 is 1. The van der Waals surface area contributed by atoms with Gasteiger partial charge in [0.2, 0.25) is 5.91 Å². The van der Waals surface area contributed by atoms with Crippen molar-refractivity contribution in [1.29, 1.82) is 0 Å². The smallest absolute Gasteiger partial charge is 0.320 e. The van der Waals surface area contributed by atoms with E-state index in [1.165, 1.54) is 6.92 Å². The van der Waals surface area contributed by atoms with Crippen molar-refractivity contribution < 1.29 is 19.4 Å². The lowest BCUT2D eigenvalue weighted by molar-refractivity contribution is -0.139. The normalized spacial score (nSPS) is 28.5.